The topological polar surface area (TPSA) is 20.2 Å². The molecule has 0 bridgehead atoms. The van der Waals surface area contributed by atoms with Crippen LogP contribution in [0.2, 0.25) is 0 Å². The number of rotatable bonds is 3. The van der Waals surface area contributed by atoms with Crippen molar-refractivity contribution in [2.75, 3.05) is 0 Å². The number of hydrogen-bond acceptors (Lipinski definition) is 1. The zero-order valence-electron chi connectivity index (χ0n) is 10.0. The second kappa shape index (κ2) is 5.21. The highest BCUT2D eigenvalue weighted by Gasteiger charge is 2.27. The van der Waals surface area contributed by atoms with Crippen LogP contribution in [0.5, 0.6) is 0 Å². The molecule has 2 aromatic carbocycles. The molecule has 94 valence electrons. The van der Waals surface area contributed by atoms with E-state index in [9.17, 15) is 9.50 Å². The molecular weight excluding hydrogens is 295 g/mol. The van der Waals surface area contributed by atoms with Gasteiger partial charge in [-0.1, -0.05) is 42.5 Å². The molecule has 1 nitrogen and oxygen atoms in total. The highest BCUT2D eigenvalue weighted by molar-refractivity contribution is 9.10. The first-order valence-electron chi connectivity index (χ1n) is 5.71. The number of halogens is 2. The van der Waals surface area contributed by atoms with Crippen LogP contribution in [0.25, 0.3) is 0 Å². The Morgan fingerprint density at radius 1 is 1.11 bits per heavy atom. The van der Waals surface area contributed by atoms with Gasteiger partial charge in [0.05, 0.1) is 10.1 Å². The lowest BCUT2D eigenvalue weighted by atomic mass is 9.89. The van der Waals surface area contributed by atoms with Crippen LogP contribution in [-0.2, 0) is 12.0 Å². The fourth-order valence-electron chi connectivity index (χ4n) is 2.01. The summed E-state index contributed by atoms with van der Waals surface area (Å²) in [6.45, 7) is 1.63. The van der Waals surface area contributed by atoms with Crippen molar-refractivity contribution >= 4 is 15.9 Å². The van der Waals surface area contributed by atoms with Crippen LogP contribution >= 0.6 is 15.9 Å². The molecule has 0 fully saturated rings. The minimum Gasteiger partial charge on any atom is -0.385 e. The van der Waals surface area contributed by atoms with E-state index in [1.165, 1.54) is 0 Å². The summed E-state index contributed by atoms with van der Waals surface area (Å²) >= 11 is 3.14. The molecule has 1 N–H and O–H groups in total. The van der Waals surface area contributed by atoms with Gasteiger partial charge in [-0.2, -0.15) is 0 Å². The minimum atomic E-state index is -1.23. The van der Waals surface area contributed by atoms with E-state index in [2.05, 4.69) is 15.9 Å². The smallest absolute Gasteiger partial charge is 0.143 e. The van der Waals surface area contributed by atoms with E-state index in [1.807, 2.05) is 30.3 Å². The third kappa shape index (κ3) is 2.79. The summed E-state index contributed by atoms with van der Waals surface area (Å²) < 4.78 is 14.4. The first-order valence-corrected chi connectivity index (χ1v) is 6.51. The Balaban J connectivity index is 2.33. The third-order valence-corrected chi connectivity index (χ3v) is 3.54. The molecule has 1 unspecified atom stereocenters. The Labute approximate surface area is 114 Å². The molecule has 1 atom stereocenters. The standard InChI is InChI=1S/C15H14BrFO/c1-15(18,10-11-6-3-2-4-7-11)12-8-5-9-13(16)14(12)17/h2-9,18H,10H2,1H3. The second-order valence-corrected chi connectivity index (χ2v) is 5.39. The molecule has 2 rings (SSSR count). The van der Waals surface area contributed by atoms with Gasteiger partial charge < -0.3 is 5.11 Å². The molecule has 3 heteroatoms. The summed E-state index contributed by atoms with van der Waals surface area (Å²) in [6.07, 6.45) is 0.376. The predicted molar refractivity (Wildman–Crippen MR) is 73.8 cm³/mol. The van der Waals surface area contributed by atoms with Crippen LogP contribution in [-0.4, -0.2) is 5.11 Å². The first kappa shape index (κ1) is 13.2. The highest BCUT2D eigenvalue weighted by atomic mass is 79.9. The van der Waals surface area contributed by atoms with E-state index in [-0.39, 0.29) is 0 Å². The van der Waals surface area contributed by atoms with Crippen molar-refractivity contribution in [3.63, 3.8) is 0 Å². The average Bonchev–Trinajstić information content (AvgIpc) is 2.33. The molecule has 0 amide bonds. The number of hydrogen-bond donors (Lipinski definition) is 1. The highest BCUT2D eigenvalue weighted by Crippen LogP contribution is 2.30. The van der Waals surface area contributed by atoms with Gasteiger partial charge in [0.15, 0.2) is 0 Å². The molecule has 0 saturated heterocycles. The van der Waals surface area contributed by atoms with Crippen LogP contribution in [0.1, 0.15) is 18.1 Å². The summed E-state index contributed by atoms with van der Waals surface area (Å²) in [4.78, 5) is 0. The fourth-order valence-corrected chi connectivity index (χ4v) is 2.37. The molecule has 0 aliphatic heterocycles. The number of benzene rings is 2. The van der Waals surface area contributed by atoms with Crippen LogP contribution in [0.3, 0.4) is 0 Å². The molecule has 0 radical (unpaired) electrons. The Morgan fingerprint density at radius 2 is 1.78 bits per heavy atom. The monoisotopic (exact) mass is 308 g/mol. The predicted octanol–water partition coefficient (Wildman–Crippen LogP) is 4.04. The van der Waals surface area contributed by atoms with E-state index in [0.29, 0.717) is 16.5 Å². The molecule has 0 saturated carbocycles. The lowest BCUT2D eigenvalue weighted by molar-refractivity contribution is 0.0537. The lowest BCUT2D eigenvalue weighted by Crippen LogP contribution is -2.25. The summed E-state index contributed by atoms with van der Waals surface area (Å²) in [5, 5.41) is 10.5. The van der Waals surface area contributed by atoms with Crippen molar-refractivity contribution in [2.24, 2.45) is 0 Å². The molecule has 18 heavy (non-hydrogen) atoms. The van der Waals surface area contributed by atoms with Gasteiger partial charge in [0.1, 0.15) is 5.82 Å². The van der Waals surface area contributed by atoms with E-state index < -0.39 is 11.4 Å². The largest absolute Gasteiger partial charge is 0.385 e. The Bertz CT molecular complexity index is 537. The molecule has 0 aromatic heterocycles. The van der Waals surface area contributed by atoms with Crippen LogP contribution < -0.4 is 0 Å². The fraction of sp³-hybridized carbons (Fsp3) is 0.200. The SMILES string of the molecule is CC(O)(Cc1ccccc1)c1cccc(Br)c1F. The van der Waals surface area contributed by atoms with Crippen molar-refractivity contribution in [3.8, 4) is 0 Å². The van der Waals surface area contributed by atoms with Gasteiger partial charge >= 0.3 is 0 Å². The zero-order valence-corrected chi connectivity index (χ0v) is 11.6. The van der Waals surface area contributed by atoms with Crippen molar-refractivity contribution < 1.29 is 9.50 Å². The molecule has 0 spiro atoms. The molecule has 0 aliphatic rings. The maximum absolute atomic E-state index is 14.0. The third-order valence-electron chi connectivity index (χ3n) is 2.92. The lowest BCUT2D eigenvalue weighted by Gasteiger charge is -2.25. The normalized spacial score (nSPS) is 14.2. The second-order valence-electron chi connectivity index (χ2n) is 4.54. The van der Waals surface area contributed by atoms with Crippen LogP contribution in [0.4, 0.5) is 4.39 Å². The quantitative estimate of drug-likeness (QED) is 0.907. The molecule has 2 aromatic rings. The van der Waals surface area contributed by atoms with Gasteiger partial charge in [-0.05, 0) is 34.5 Å². The maximum atomic E-state index is 14.0. The van der Waals surface area contributed by atoms with Crippen LogP contribution in [0, 0.1) is 5.82 Å². The summed E-state index contributed by atoms with van der Waals surface area (Å²) in [5.74, 6) is -0.404. The summed E-state index contributed by atoms with van der Waals surface area (Å²) in [7, 11) is 0. The average molecular weight is 309 g/mol. The van der Waals surface area contributed by atoms with Gasteiger partial charge in [-0.25, -0.2) is 4.39 Å². The van der Waals surface area contributed by atoms with Crippen molar-refractivity contribution in [1.82, 2.24) is 0 Å². The van der Waals surface area contributed by atoms with Gasteiger partial charge in [-0.3, -0.25) is 0 Å². The van der Waals surface area contributed by atoms with Crippen molar-refractivity contribution in [2.45, 2.75) is 18.9 Å². The minimum absolute atomic E-state index is 0.306. The first-order chi connectivity index (χ1) is 8.50. The van der Waals surface area contributed by atoms with Gasteiger partial charge in [0.25, 0.3) is 0 Å². The Hall–Kier alpha value is -1.19. The Morgan fingerprint density at radius 3 is 2.44 bits per heavy atom. The van der Waals surface area contributed by atoms with Gasteiger partial charge in [-0.15, -0.1) is 0 Å². The van der Waals surface area contributed by atoms with Gasteiger partial charge in [0, 0.05) is 12.0 Å². The van der Waals surface area contributed by atoms with Gasteiger partial charge in [0.2, 0.25) is 0 Å². The van der Waals surface area contributed by atoms with E-state index in [1.54, 1.807) is 25.1 Å². The van der Waals surface area contributed by atoms with Crippen LogP contribution in [0.15, 0.2) is 53.0 Å². The summed E-state index contributed by atoms with van der Waals surface area (Å²) in [5.41, 5.74) is 0.0532. The zero-order chi connectivity index (χ0) is 13.2. The summed E-state index contributed by atoms with van der Waals surface area (Å²) in [6, 6.07) is 14.5. The molecular formula is C15H14BrFO. The van der Waals surface area contributed by atoms with E-state index in [4.69, 9.17) is 0 Å². The van der Waals surface area contributed by atoms with E-state index >= 15 is 0 Å². The molecule has 0 aliphatic carbocycles. The van der Waals surface area contributed by atoms with E-state index in [0.717, 1.165) is 5.56 Å². The van der Waals surface area contributed by atoms with Crippen molar-refractivity contribution in [1.29, 1.82) is 0 Å². The number of aliphatic hydroxyl groups is 1. The molecule has 0 heterocycles. The van der Waals surface area contributed by atoms with Crippen molar-refractivity contribution in [3.05, 3.63) is 69.9 Å². The Kier molecular flexibility index (Phi) is 3.83. The maximum Gasteiger partial charge on any atom is 0.143 e.